The number of alkyl halides is 1. The van der Waals surface area contributed by atoms with Crippen LogP contribution in [0.15, 0.2) is 24.3 Å². The van der Waals surface area contributed by atoms with Gasteiger partial charge >= 0.3 is 0 Å². The van der Waals surface area contributed by atoms with Crippen LogP contribution in [0.2, 0.25) is 5.02 Å². The molecule has 0 N–H and O–H groups in total. The fourth-order valence-corrected chi connectivity index (χ4v) is 3.49. The highest BCUT2D eigenvalue weighted by Crippen LogP contribution is 2.37. The van der Waals surface area contributed by atoms with Gasteiger partial charge in [-0.3, -0.25) is 0 Å². The van der Waals surface area contributed by atoms with Gasteiger partial charge in [0.15, 0.2) is 0 Å². The molecule has 0 spiro atoms. The molecule has 1 aromatic heterocycles. The summed E-state index contributed by atoms with van der Waals surface area (Å²) in [5, 5.41) is -0.198. The first-order valence-electron chi connectivity index (χ1n) is 5.40. The molecule has 1 heterocycles. The molecule has 2 aromatic rings. The molecule has 1 atom stereocenters. The van der Waals surface area contributed by atoms with Gasteiger partial charge < -0.3 is 0 Å². The summed E-state index contributed by atoms with van der Waals surface area (Å²) in [4.78, 5) is 1.81. The third kappa shape index (κ3) is 2.76. The molecule has 0 amide bonds. The maximum atomic E-state index is 13.8. The second-order valence-electron chi connectivity index (χ2n) is 3.81. The molecule has 0 saturated carbocycles. The SMILES string of the molecule is CCc1ccc(C(Br)c2cc(F)c(Cl)cc2F)s1. The summed E-state index contributed by atoms with van der Waals surface area (Å²) in [7, 11) is 0. The molecule has 0 aliphatic rings. The first-order chi connectivity index (χ1) is 8.52. The van der Waals surface area contributed by atoms with Gasteiger partial charge in [-0.05, 0) is 30.7 Å². The van der Waals surface area contributed by atoms with Crippen molar-refractivity contribution in [3.05, 3.63) is 56.2 Å². The topological polar surface area (TPSA) is 0 Å². The highest BCUT2D eigenvalue weighted by molar-refractivity contribution is 9.09. The zero-order chi connectivity index (χ0) is 13.3. The van der Waals surface area contributed by atoms with Crippen LogP contribution in [0.3, 0.4) is 0 Å². The van der Waals surface area contributed by atoms with Crippen LogP contribution in [0.4, 0.5) is 8.78 Å². The lowest BCUT2D eigenvalue weighted by atomic mass is 10.1. The monoisotopic (exact) mass is 350 g/mol. The average Bonchev–Trinajstić information content (AvgIpc) is 2.81. The van der Waals surface area contributed by atoms with Gasteiger partial charge in [-0.2, -0.15) is 0 Å². The Bertz CT molecular complexity index is 568. The number of rotatable bonds is 3. The van der Waals surface area contributed by atoms with Crippen molar-refractivity contribution in [3.8, 4) is 0 Å². The van der Waals surface area contributed by atoms with Crippen molar-refractivity contribution in [2.24, 2.45) is 0 Å². The number of halogens is 4. The molecule has 5 heteroatoms. The molecule has 96 valence electrons. The zero-order valence-corrected chi connectivity index (χ0v) is 12.7. The predicted octanol–water partition coefficient (Wildman–Crippen LogP) is 5.73. The molecular formula is C13H10BrClF2S. The Morgan fingerprint density at radius 3 is 2.61 bits per heavy atom. The molecule has 1 aromatic carbocycles. The van der Waals surface area contributed by atoms with Crippen molar-refractivity contribution in [2.75, 3.05) is 0 Å². The Morgan fingerprint density at radius 1 is 1.28 bits per heavy atom. The number of benzene rings is 1. The predicted molar refractivity (Wildman–Crippen MR) is 75.8 cm³/mol. The van der Waals surface area contributed by atoms with Gasteiger partial charge in [0.05, 0.1) is 9.85 Å². The second-order valence-corrected chi connectivity index (χ2v) is 6.33. The van der Waals surface area contributed by atoms with Crippen LogP contribution >= 0.6 is 38.9 Å². The lowest BCUT2D eigenvalue weighted by Crippen LogP contribution is -1.96. The zero-order valence-electron chi connectivity index (χ0n) is 9.51. The van der Waals surface area contributed by atoms with Gasteiger partial charge in [0.2, 0.25) is 0 Å². The Morgan fingerprint density at radius 2 is 2.00 bits per heavy atom. The van der Waals surface area contributed by atoms with E-state index in [1.165, 1.54) is 4.88 Å². The number of aryl methyl sites for hydroxylation is 1. The van der Waals surface area contributed by atoms with E-state index in [0.29, 0.717) is 0 Å². The number of hydrogen-bond donors (Lipinski definition) is 0. The summed E-state index contributed by atoms with van der Waals surface area (Å²) in [6, 6.07) is 6.07. The Kier molecular flexibility index (Phi) is 4.41. The van der Waals surface area contributed by atoms with Gasteiger partial charge in [-0.25, -0.2) is 8.78 Å². The van der Waals surface area contributed by atoms with Gasteiger partial charge in [0.25, 0.3) is 0 Å². The van der Waals surface area contributed by atoms with Crippen LogP contribution < -0.4 is 0 Å². The minimum atomic E-state index is -0.607. The molecule has 1 unspecified atom stereocenters. The Labute approximate surface area is 122 Å². The first kappa shape index (κ1) is 14.0. The molecule has 0 nitrogen and oxygen atoms in total. The lowest BCUT2D eigenvalue weighted by molar-refractivity contribution is 0.589. The van der Waals surface area contributed by atoms with Crippen LogP contribution in [-0.2, 0) is 6.42 Å². The summed E-state index contributed by atoms with van der Waals surface area (Å²) in [5.41, 5.74) is 0.265. The van der Waals surface area contributed by atoms with Gasteiger partial charge in [-0.15, -0.1) is 11.3 Å². The van der Waals surface area contributed by atoms with Crippen molar-refractivity contribution >= 4 is 38.9 Å². The van der Waals surface area contributed by atoms with E-state index < -0.39 is 11.6 Å². The number of thiophene rings is 1. The Hall–Kier alpha value is -0.450. The van der Waals surface area contributed by atoms with Crippen LogP contribution in [0.25, 0.3) is 0 Å². The fourth-order valence-electron chi connectivity index (χ4n) is 1.61. The molecule has 2 rings (SSSR count). The van der Waals surface area contributed by atoms with Crippen molar-refractivity contribution in [1.29, 1.82) is 0 Å². The van der Waals surface area contributed by atoms with Crippen LogP contribution in [0.1, 0.15) is 27.1 Å². The van der Waals surface area contributed by atoms with Crippen molar-refractivity contribution in [2.45, 2.75) is 18.2 Å². The van der Waals surface area contributed by atoms with E-state index in [0.717, 1.165) is 23.4 Å². The molecule has 18 heavy (non-hydrogen) atoms. The molecular weight excluding hydrogens is 342 g/mol. The largest absolute Gasteiger partial charge is 0.207 e. The van der Waals surface area contributed by atoms with Crippen molar-refractivity contribution in [1.82, 2.24) is 0 Å². The van der Waals surface area contributed by atoms with E-state index in [2.05, 4.69) is 22.9 Å². The summed E-state index contributed by atoms with van der Waals surface area (Å²) in [5.74, 6) is -1.11. The van der Waals surface area contributed by atoms with E-state index in [1.807, 2.05) is 12.1 Å². The molecule has 0 radical (unpaired) electrons. The van der Waals surface area contributed by atoms with E-state index in [9.17, 15) is 8.78 Å². The van der Waals surface area contributed by atoms with E-state index in [-0.39, 0.29) is 15.4 Å². The third-order valence-corrected chi connectivity index (χ3v) is 5.47. The number of hydrogen-bond acceptors (Lipinski definition) is 1. The van der Waals surface area contributed by atoms with Crippen molar-refractivity contribution < 1.29 is 8.78 Å². The van der Waals surface area contributed by atoms with Crippen LogP contribution in [-0.4, -0.2) is 0 Å². The summed E-state index contributed by atoms with van der Waals surface area (Å²) >= 11 is 10.5. The summed E-state index contributed by atoms with van der Waals surface area (Å²) in [6.07, 6.45) is 0.932. The third-order valence-electron chi connectivity index (χ3n) is 2.59. The molecule has 0 bridgehead atoms. The quantitative estimate of drug-likeness (QED) is 0.489. The lowest BCUT2D eigenvalue weighted by Gasteiger charge is -2.10. The molecule has 0 aliphatic carbocycles. The average molecular weight is 352 g/mol. The van der Waals surface area contributed by atoms with Gasteiger partial charge in [0, 0.05) is 15.3 Å². The molecule has 0 fully saturated rings. The second kappa shape index (κ2) is 5.68. The molecule has 0 saturated heterocycles. The molecule has 0 aliphatic heterocycles. The Balaban J connectivity index is 2.39. The van der Waals surface area contributed by atoms with E-state index in [1.54, 1.807) is 11.3 Å². The smallest absolute Gasteiger partial charge is 0.142 e. The van der Waals surface area contributed by atoms with Crippen molar-refractivity contribution in [3.63, 3.8) is 0 Å². The van der Waals surface area contributed by atoms with Gasteiger partial charge in [0.1, 0.15) is 11.6 Å². The normalized spacial score (nSPS) is 12.7. The minimum Gasteiger partial charge on any atom is -0.207 e. The minimum absolute atomic E-state index is 0.198. The maximum absolute atomic E-state index is 13.8. The van der Waals surface area contributed by atoms with Crippen LogP contribution in [0, 0.1) is 11.6 Å². The van der Waals surface area contributed by atoms with E-state index >= 15 is 0 Å². The first-order valence-corrected chi connectivity index (χ1v) is 7.51. The maximum Gasteiger partial charge on any atom is 0.142 e. The summed E-state index contributed by atoms with van der Waals surface area (Å²) < 4.78 is 27.2. The van der Waals surface area contributed by atoms with Crippen LogP contribution in [0.5, 0.6) is 0 Å². The van der Waals surface area contributed by atoms with Gasteiger partial charge in [-0.1, -0.05) is 34.5 Å². The highest BCUT2D eigenvalue weighted by atomic mass is 79.9. The standard InChI is InChI=1S/C13H10BrClF2S/c1-2-7-3-4-12(18-7)13(14)8-5-11(17)9(15)6-10(8)16/h3-6,13H,2H2,1H3. The van der Waals surface area contributed by atoms with E-state index in [4.69, 9.17) is 11.6 Å². The highest BCUT2D eigenvalue weighted by Gasteiger charge is 2.19. The summed E-state index contributed by atoms with van der Waals surface area (Å²) in [6.45, 7) is 2.06. The fraction of sp³-hybridized carbons (Fsp3) is 0.231.